The molecule has 0 saturated carbocycles. The molecule has 1 aliphatic heterocycles. The lowest BCUT2D eigenvalue weighted by molar-refractivity contribution is -0.646. The molecule has 6 heteroatoms. The monoisotopic (exact) mass is 364 g/mol. The molecule has 0 fully saturated rings. The number of nitrogens with zero attached hydrogens (tertiary/aromatic N) is 3. The van der Waals surface area contributed by atoms with Crippen LogP contribution >= 0.6 is 11.8 Å². The van der Waals surface area contributed by atoms with Crippen LogP contribution in [0.4, 0.5) is 11.4 Å². The van der Waals surface area contributed by atoms with Crippen LogP contribution in [-0.4, -0.2) is 12.0 Å². The molecule has 2 aromatic carbocycles. The number of thioether (sulfide) groups is 1. The summed E-state index contributed by atoms with van der Waals surface area (Å²) in [5, 5.41) is 13.3. The van der Waals surface area contributed by atoms with Gasteiger partial charge >= 0.3 is 0 Å². The van der Waals surface area contributed by atoms with Gasteiger partial charge in [0.1, 0.15) is 7.05 Å². The smallest absolute Gasteiger partial charge is 0.270 e. The van der Waals surface area contributed by atoms with E-state index in [0.717, 1.165) is 21.3 Å². The molecule has 0 saturated heterocycles. The van der Waals surface area contributed by atoms with E-state index in [4.69, 9.17) is 0 Å². The Morgan fingerprint density at radius 3 is 2.73 bits per heavy atom. The highest BCUT2D eigenvalue weighted by Gasteiger charge is 2.25. The molecule has 5 nitrogen and oxygen atoms in total. The molecule has 3 aromatic rings. The molecule has 0 amide bonds. The lowest BCUT2D eigenvalue weighted by Gasteiger charge is -2.12. The Morgan fingerprint density at radius 1 is 1.15 bits per heavy atom. The third kappa shape index (κ3) is 2.72. The number of aromatic nitrogens is 1. The van der Waals surface area contributed by atoms with Crippen LogP contribution < -0.4 is 9.47 Å². The number of pyridine rings is 1. The number of non-ortho nitro benzene ring substituents is 1. The van der Waals surface area contributed by atoms with Crippen LogP contribution in [0.5, 0.6) is 0 Å². The van der Waals surface area contributed by atoms with Crippen molar-refractivity contribution in [1.82, 2.24) is 0 Å². The highest BCUT2D eigenvalue weighted by atomic mass is 32.2. The first-order valence-corrected chi connectivity index (χ1v) is 9.07. The van der Waals surface area contributed by atoms with E-state index in [1.807, 2.05) is 13.1 Å². The van der Waals surface area contributed by atoms with E-state index >= 15 is 0 Å². The van der Waals surface area contributed by atoms with Gasteiger partial charge in [-0.1, -0.05) is 23.4 Å². The van der Waals surface area contributed by atoms with E-state index in [2.05, 4.69) is 59.8 Å². The van der Waals surface area contributed by atoms with Crippen molar-refractivity contribution in [3.8, 4) is 0 Å². The zero-order valence-corrected chi connectivity index (χ0v) is 15.6. The molecule has 0 spiro atoms. The largest absolute Gasteiger partial charge is 0.338 e. The Balaban J connectivity index is 1.75. The van der Waals surface area contributed by atoms with E-state index < -0.39 is 0 Å². The van der Waals surface area contributed by atoms with Crippen LogP contribution in [-0.2, 0) is 7.05 Å². The Bertz CT molecular complexity index is 1090. The molecular weight excluding hydrogens is 346 g/mol. The summed E-state index contributed by atoms with van der Waals surface area (Å²) in [4.78, 5) is 13.6. The predicted octanol–water partition coefficient (Wildman–Crippen LogP) is 4.42. The van der Waals surface area contributed by atoms with Gasteiger partial charge in [-0.2, -0.15) is 4.57 Å². The molecule has 2 heterocycles. The number of fused-ring (bicyclic) bond motifs is 2. The topological polar surface area (TPSA) is 50.3 Å². The minimum atomic E-state index is -0.353. The van der Waals surface area contributed by atoms with Crippen LogP contribution in [0.2, 0.25) is 0 Å². The fourth-order valence-electron chi connectivity index (χ4n) is 3.21. The maximum Gasteiger partial charge on any atom is 0.270 e. The third-order valence-corrected chi connectivity index (χ3v) is 5.85. The fourth-order valence-corrected chi connectivity index (χ4v) is 4.34. The summed E-state index contributed by atoms with van der Waals surface area (Å²) in [6, 6.07) is 15.7. The van der Waals surface area contributed by atoms with E-state index in [-0.39, 0.29) is 10.6 Å². The summed E-state index contributed by atoms with van der Waals surface area (Å²) < 4.78 is 2.17. The lowest BCUT2D eigenvalue weighted by atomic mass is 10.1. The molecule has 130 valence electrons. The zero-order chi connectivity index (χ0) is 18.4. The summed E-state index contributed by atoms with van der Waals surface area (Å²) in [7, 11) is 4.04. The second-order valence-corrected chi connectivity index (χ2v) is 7.49. The number of nitro groups is 1. The van der Waals surface area contributed by atoms with Gasteiger partial charge in [0.05, 0.1) is 15.6 Å². The average molecular weight is 364 g/mol. The zero-order valence-electron chi connectivity index (χ0n) is 14.8. The number of hydrogen-bond donors (Lipinski definition) is 0. The first-order valence-electron chi connectivity index (χ1n) is 8.25. The normalized spacial score (nSPS) is 14.9. The average Bonchev–Trinajstić information content (AvgIpc) is 2.92. The van der Waals surface area contributed by atoms with Crippen LogP contribution in [0.25, 0.3) is 17.0 Å². The number of aryl methyl sites for hydroxylation is 2. The maximum atomic E-state index is 11.0. The molecule has 0 aliphatic carbocycles. The SMILES string of the molecule is Cc1ccc2c(ccc(/C=C3\Sc4cc([N+](=O)[O-])ccc4N3C)[n+]2C)c1. The molecular formula is C20H18N3O2S+. The Hall–Kier alpha value is -2.86. The Kier molecular flexibility index (Phi) is 3.92. The van der Waals surface area contributed by atoms with Gasteiger partial charge in [0.2, 0.25) is 11.2 Å². The number of nitro benzene ring substituents is 1. The van der Waals surface area contributed by atoms with Gasteiger partial charge < -0.3 is 4.90 Å². The summed E-state index contributed by atoms with van der Waals surface area (Å²) in [6.45, 7) is 2.09. The van der Waals surface area contributed by atoms with Gasteiger partial charge in [-0.3, -0.25) is 10.1 Å². The molecule has 0 atom stereocenters. The van der Waals surface area contributed by atoms with E-state index in [0.29, 0.717) is 0 Å². The van der Waals surface area contributed by atoms with Gasteiger partial charge in [0, 0.05) is 47.7 Å². The second kappa shape index (κ2) is 6.14. The van der Waals surface area contributed by atoms with Gasteiger partial charge in [-0.25, -0.2) is 0 Å². The van der Waals surface area contributed by atoms with Crippen molar-refractivity contribution in [3.63, 3.8) is 0 Å². The van der Waals surface area contributed by atoms with Gasteiger partial charge in [0.25, 0.3) is 5.69 Å². The minimum Gasteiger partial charge on any atom is -0.338 e. The molecule has 0 N–H and O–H groups in total. The van der Waals surface area contributed by atoms with Crippen LogP contribution in [0.1, 0.15) is 11.3 Å². The Labute approximate surface area is 155 Å². The number of hydrogen-bond acceptors (Lipinski definition) is 4. The number of rotatable bonds is 2. The van der Waals surface area contributed by atoms with Crippen LogP contribution in [0.3, 0.4) is 0 Å². The van der Waals surface area contributed by atoms with Crippen LogP contribution in [0.15, 0.2) is 58.5 Å². The van der Waals surface area contributed by atoms with Gasteiger partial charge in [-0.15, -0.1) is 0 Å². The standard InChI is InChI=1S/C20H18N3O2S/c1-13-4-8-17-14(10-13)5-6-15(21(17)2)12-20-22(3)18-9-7-16(23(24)25)11-19(18)26-20/h4-12H,1-3H3/q+1. The first-order chi connectivity index (χ1) is 12.4. The summed E-state index contributed by atoms with van der Waals surface area (Å²) in [6.07, 6.45) is 2.12. The summed E-state index contributed by atoms with van der Waals surface area (Å²) in [5.74, 6) is 0. The predicted molar refractivity (Wildman–Crippen MR) is 105 cm³/mol. The summed E-state index contributed by atoms with van der Waals surface area (Å²) >= 11 is 1.56. The van der Waals surface area contributed by atoms with E-state index in [1.54, 1.807) is 23.9 Å². The fraction of sp³-hybridized carbons (Fsp3) is 0.150. The molecule has 0 unspecified atom stereocenters. The lowest BCUT2D eigenvalue weighted by Crippen LogP contribution is -2.33. The molecule has 4 rings (SSSR count). The van der Waals surface area contributed by atoms with E-state index in [1.165, 1.54) is 16.5 Å². The highest BCUT2D eigenvalue weighted by Crippen LogP contribution is 2.46. The minimum absolute atomic E-state index is 0.123. The number of anilines is 1. The molecule has 1 aliphatic rings. The van der Waals surface area contributed by atoms with Crippen molar-refractivity contribution in [2.45, 2.75) is 11.8 Å². The molecule has 26 heavy (non-hydrogen) atoms. The number of benzene rings is 2. The van der Waals surface area contributed by atoms with Crippen molar-refractivity contribution in [2.24, 2.45) is 7.05 Å². The quantitative estimate of drug-likeness (QED) is 0.384. The van der Waals surface area contributed by atoms with Crippen molar-refractivity contribution in [2.75, 3.05) is 11.9 Å². The Morgan fingerprint density at radius 2 is 1.96 bits per heavy atom. The van der Waals surface area contributed by atoms with Crippen molar-refractivity contribution in [1.29, 1.82) is 0 Å². The van der Waals surface area contributed by atoms with Gasteiger partial charge in [0.15, 0.2) is 0 Å². The van der Waals surface area contributed by atoms with Crippen molar-refractivity contribution < 1.29 is 9.49 Å². The maximum absolute atomic E-state index is 11.0. The molecule has 0 radical (unpaired) electrons. The first kappa shape index (κ1) is 16.6. The van der Waals surface area contributed by atoms with E-state index in [9.17, 15) is 10.1 Å². The third-order valence-electron chi connectivity index (χ3n) is 4.70. The van der Waals surface area contributed by atoms with Crippen LogP contribution in [0, 0.1) is 17.0 Å². The second-order valence-electron chi connectivity index (χ2n) is 6.43. The molecule has 1 aromatic heterocycles. The van der Waals surface area contributed by atoms with Gasteiger partial charge in [-0.05, 0) is 25.1 Å². The van der Waals surface area contributed by atoms with Crippen molar-refractivity contribution in [3.05, 3.63) is 74.9 Å². The molecule has 0 bridgehead atoms. The summed E-state index contributed by atoms with van der Waals surface area (Å²) in [5.41, 5.74) is 4.61. The highest BCUT2D eigenvalue weighted by molar-refractivity contribution is 8.03. The van der Waals surface area contributed by atoms with Crippen molar-refractivity contribution >= 4 is 40.1 Å².